The quantitative estimate of drug-likeness (QED) is 0.650. The van der Waals surface area contributed by atoms with Crippen molar-refractivity contribution in [3.05, 3.63) is 0 Å². The van der Waals surface area contributed by atoms with Gasteiger partial charge in [0.05, 0.1) is 18.1 Å². The van der Waals surface area contributed by atoms with E-state index in [1.54, 1.807) is 0 Å². The van der Waals surface area contributed by atoms with Crippen molar-refractivity contribution < 1.29 is 18.3 Å². The third kappa shape index (κ3) is 5.08. The molecule has 19 heavy (non-hydrogen) atoms. The van der Waals surface area contributed by atoms with Crippen LogP contribution in [-0.4, -0.2) is 61.6 Å². The standard InChI is InChI=1S/C12H24N2O4S/c1-10(8-13)2-3-12(16)14(5-6-15)11-4-7-19(17,18)9-11/h10-11,15H,2-9,13H2,1H3. The van der Waals surface area contributed by atoms with Crippen molar-refractivity contribution in [2.75, 3.05) is 31.2 Å². The summed E-state index contributed by atoms with van der Waals surface area (Å²) in [6.07, 6.45) is 1.52. The number of sulfone groups is 1. The van der Waals surface area contributed by atoms with E-state index in [-0.39, 0.29) is 42.5 Å². The summed E-state index contributed by atoms with van der Waals surface area (Å²) in [6.45, 7) is 2.57. The molecule has 1 aliphatic rings. The van der Waals surface area contributed by atoms with E-state index < -0.39 is 9.84 Å². The van der Waals surface area contributed by atoms with Crippen LogP contribution >= 0.6 is 0 Å². The Bertz CT molecular complexity index is 397. The molecule has 1 amide bonds. The fraction of sp³-hybridized carbons (Fsp3) is 0.917. The minimum Gasteiger partial charge on any atom is -0.395 e. The van der Waals surface area contributed by atoms with Crippen LogP contribution in [0.4, 0.5) is 0 Å². The lowest BCUT2D eigenvalue weighted by molar-refractivity contribution is -0.133. The number of carbonyl (C=O) groups excluding carboxylic acids is 1. The zero-order chi connectivity index (χ0) is 14.5. The van der Waals surface area contributed by atoms with Gasteiger partial charge in [-0.05, 0) is 25.3 Å². The topological polar surface area (TPSA) is 101 Å². The van der Waals surface area contributed by atoms with Crippen LogP contribution in [0, 0.1) is 5.92 Å². The molecule has 0 aromatic heterocycles. The fourth-order valence-electron chi connectivity index (χ4n) is 2.27. The maximum Gasteiger partial charge on any atom is 0.222 e. The van der Waals surface area contributed by atoms with Gasteiger partial charge in [0.2, 0.25) is 5.91 Å². The van der Waals surface area contributed by atoms with E-state index in [0.29, 0.717) is 25.8 Å². The zero-order valence-electron chi connectivity index (χ0n) is 11.4. The van der Waals surface area contributed by atoms with Gasteiger partial charge in [0.1, 0.15) is 0 Å². The molecule has 7 heteroatoms. The molecule has 6 nitrogen and oxygen atoms in total. The van der Waals surface area contributed by atoms with Crippen molar-refractivity contribution in [3.63, 3.8) is 0 Å². The highest BCUT2D eigenvalue weighted by Gasteiger charge is 2.34. The third-order valence-corrected chi connectivity index (χ3v) is 5.31. The Labute approximate surface area is 114 Å². The smallest absolute Gasteiger partial charge is 0.222 e. The van der Waals surface area contributed by atoms with Gasteiger partial charge in [-0.1, -0.05) is 6.92 Å². The lowest BCUT2D eigenvalue weighted by atomic mass is 10.0. The highest BCUT2D eigenvalue weighted by atomic mass is 32.2. The van der Waals surface area contributed by atoms with Crippen molar-refractivity contribution in [2.45, 2.75) is 32.2 Å². The van der Waals surface area contributed by atoms with Crippen LogP contribution < -0.4 is 5.73 Å². The lowest BCUT2D eigenvalue weighted by Crippen LogP contribution is -2.43. The summed E-state index contributed by atoms with van der Waals surface area (Å²) < 4.78 is 22.9. The van der Waals surface area contributed by atoms with Gasteiger partial charge in [-0.25, -0.2) is 8.42 Å². The number of hydrogen-bond acceptors (Lipinski definition) is 5. The van der Waals surface area contributed by atoms with Gasteiger partial charge in [0.15, 0.2) is 9.84 Å². The van der Waals surface area contributed by atoms with Gasteiger partial charge in [0.25, 0.3) is 0 Å². The number of amides is 1. The molecule has 1 heterocycles. The Balaban J connectivity index is 2.59. The first-order valence-electron chi connectivity index (χ1n) is 6.70. The summed E-state index contributed by atoms with van der Waals surface area (Å²) in [6, 6.07) is -0.280. The van der Waals surface area contributed by atoms with E-state index in [1.807, 2.05) is 6.92 Å². The van der Waals surface area contributed by atoms with E-state index in [1.165, 1.54) is 4.90 Å². The normalized spacial score (nSPS) is 23.2. The van der Waals surface area contributed by atoms with Crippen LogP contribution in [0.25, 0.3) is 0 Å². The minimum absolute atomic E-state index is 0.0190. The average molecular weight is 292 g/mol. The van der Waals surface area contributed by atoms with Crippen LogP contribution in [0.5, 0.6) is 0 Å². The van der Waals surface area contributed by atoms with Gasteiger partial charge in [0, 0.05) is 19.0 Å². The van der Waals surface area contributed by atoms with Gasteiger partial charge in [-0.15, -0.1) is 0 Å². The first kappa shape index (κ1) is 16.4. The van der Waals surface area contributed by atoms with Gasteiger partial charge in [-0.3, -0.25) is 4.79 Å². The molecule has 0 bridgehead atoms. The molecule has 0 aliphatic carbocycles. The summed E-state index contributed by atoms with van der Waals surface area (Å²) in [5.41, 5.74) is 5.51. The highest BCUT2D eigenvalue weighted by Crippen LogP contribution is 2.19. The van der Waals surface area contributed by atoms with E-state index in [0.717, 1.165) is 0 Å². The molecule has 0 spiro atoms. The number of rotatable bonds is 7. The number of hydrogen-bond donors (Lipinski definition) is 2. The molecule has 0 radical (unpaired) electrons. The summed E-state index contributed by atoms with van der Waals surface area (Å²) >= 11 is 0. The third-order valence-electron chi connectivity index (χ3n) is 3.56. The number of nitrogens with zero attached hydrogens (tertiary/aromatic N) is 1. The summed E-state index contributed by atoms with van der Waals surface area (Å²) in [5, 5.41) is 9.04. The molecule has 112 valence electrons. The van der Waals surface area contributed by atoms with Crippen molar-refractivity contribution in [1.82, 2.24) is 4.90 Å². The van der Waals surface area contributed by atoms with Crippen LogP contribution in [-0.2, 0) is 14.6 Å². The van der Waals surface area contributed by atoms with Crippen LogP contribution in [0.3, 0.4) is 0 Å². The predicted molar refractivity (Wildman–Crippen MR) is 73.3 cm³/mol. The molecule has 0 saturated carbocycles. The van der Waals surface area contributed by atoms with E-state index >= 15 is 0 Å². The van der Waals surface area contributed by atoms with E-state index in [4.69, 9.17) is 10.8 Å². The minimum atomic E-state index is -3.02. The van der Waals surface area contributed by atoms with Crippen molar-refractivity contribution in [2.24, 2.45) is 11.7 Å². The monoisotopic (exact) mass is 292 g/mol. The molecular weight excluding hydrogens is 268 g/mol. The Morgan fingerprint density at radius 2 is 2.21 bits per heavy atom. The van der Waals surface area contributed by atoms with E-state index in [9.17, 15) is 13.2 Å². The number of carbonyl (C=O) groups is 1. The summed E-state index contributed by atoms with van der Waals surface area (Å²) in [7, 11) is -3.02. The molecule has 1 rings (SSSR count). The van der Waals surface area contributed by atoms with Gasteiger partial charge < -0.3 is 15.7 Å². The second-order valence-corrected chi connectivity index (χ2v) is 7.48. The molecule has 1 aliphatic heterocycles. The second kappa shape index (κ2) is 7.21. The fourth-order valence-corrected chi connectivity index (χ4v) is 4.00. The summed E-state index contributed by atoms with van der Waals surface area (Å²) in [4.78, 5) is 13.7. The molecule has 3 N–H and O–H groups in total. The van der Waals surface area contributed by atoms with Gasteiger partial charge in [-0.2, -0.15) is 0 Å². The molecule has 1 saturated heterocycles. The lowest BCUT2D eigenvalue weighted by Gasteiger charge is -2.28. The number of nitrogens with two attached hydrogens (primary N) is 1. The maximum absolute atomic E-state index is 12.1. The van der Waals surface area contributed by atoms with Crippen molar-refractivity contribution in [3.8, 4) is 0 Å². The van der Waals surface area contributed by atoms with Crippen molar-refractivity contribution >= 4 is 15.7 Å². The van der Waals surface area contributed by atoms with E-state index in [2.05, 4.69) is 0 Å². The first-order valence-corrected chi connectivity index (χ1v) is 8.52. The molecule has 0 aromatic carbocycles. The summed E-state index contributed by atoms with van der Waals surface area (Å²) in [5.74, 6) is 0.334. The largest absolute Gasteiger partial charge is 0.395 e. The Morgan fingerprint density at radius 1 is 1.53 bits per heavy atom. The van der Waals surface area contributed by atoms with Crippen molar-refractivity contribution in [1.29, 1.82) is 0 Å². The van der Waals surface area contributed by atoms with Crippen LogP contribution in [0.1, 0.15) is 26.2 Å². The molecule has 1 fully saturated rings. The Morgan fingerprint density at radius 3 is 2.68 bits per heavy atom. The SMILES string of the molecule is CC(CN)CCC(=O)N(CCO)C1CCS(=O)(=O)C1. The predicted octanol–water partition coefficient (Wildman–Crippen LogP) is -0.631. The number of aliphatic hydroxyl groups excluding tert-OH is 1. The Hall–Kier alpha value is -0.660. The maximum atomic E-state index is 12.1. The highest BCUT2D eigenvalue weighted by molar-refractivity contribution is 7.91. The van der Waals surface area contributed by atoms with Crippen LogP contribution in [0.15, 0.2) is 0 Å². The number of aliphatic hydroxyl groups is 1. The molecule has 2 unspecified atom stereocenters. The first-order chi connectivity index (χ1) is 8.89. The zero-order valence-corrected chi connectivity index (χ0v) is 12.2. The molecular formula is C12H24N2O4S. The Kier molecular flexibility index (Phi) is 6.22. The van der Waals surface area contributed by atoms with Crippen LogP contribution in [0.2, 0.25) is 0 Å². The average Bonchev–Trinajstić information content (AvgIpc) is 2.72. The van der Waals surface area contributed by atoms with Gasteiger partial charge >= 0.3 is 0 Å². The second-order valence-electron chi connectivity index (χ2n) is 5.25. The molecule has 0 aromatic rings. The molecule has 2 atom stereocenters.